The molecule has 5 rings (SSSR count). The lowest BCUT2D eigenvalue weighted by atomic mass is 9.97. The van der Waals surface area contributed by atoms with Gasteiger partial charge >= 0.3 is 0 Å². The summed E-state index contributed by atoms with van der Waals surface area (Å²) in [6.07, 6.45) is 6.57. The van der Waals surface area contributed by atoms with Gasteiger partial charge in [0.15, 0.2) is 0 Å². The molecule has 174 valence electrons. The summed E-state index contributed by atoms with van der Waals surface area (Å²) in [4.78, 5) is 36.8. The zero-order valence-corrected chi connectivity index (χ0v) is 20.6. The molecule has 0 saturated carbocycles. The Morgan fingerprint density at radius 2 is 1.91 bits per heavy atom. The van der Waals surface area contributed by atoms with E-state index in [1.165, 1.54) is 29.7 Å². The van der Waals surface area contributed by atoms with E-state index in [0.29, 0.717) is 12.4 Å². The largest absolute Gasteiger partial charge is 0.324 e. The fourth-order valence-electron chi connectivity index (χ4n) is 5.15. The Labute approximate surface area is 198 Å². The van der Waals surface area contributed by atoms with Crippen LogP contribution < -0.4 is 10.9 Å². The SMILES string of the molecule is Cc1cccc(NC(=O)C(C)n2c(CN3CCCC3)nc3sc4c(c3c2=O)CCCC4)c1C. The van der Waals surface area contributed by atoms with E-state index in [2.05, 4.69) is 10.2 Å². The van der Waals surface area contributed by atoms with E-state index in [9.17, 15) is 9.59 Å². The summed E-state index contributed by atoms with van der Waals surface area (Å²) >= 11 is 1.68. The molecule has 1 aliphatic carbocycles. The van der Waals surface area contributed by atoms with Crippen LogP contribution in [0.3, 0.4) is 0 Å². The second-order valence-corrected chi connectivity index (χ2v) is 10.6. The molecule has 1 aromatic carbocycles. The third-order valence-electron chi connectivity index (χ3n) is 7.29. The number of aryl methyl sites for hydroxylation is 3. The van der Waals surface area contributed by atoms with Crippen molar-refractivity contribution in [3.63, 3.8) is 0 Å². The number of nitrogens with zero attached hydrogens (tertiary/aromatic N) is 3. The zero-order chi connectivity index (χ0) is 23.1. The molecule has 0 radical (unpaired) electrons. The van der Waals surface area contributed by atoms with Gasteiger partial charge in [0, 0.05) is 10.6 Å². The molecule has 7 heteroatoms. The number of carbonyl (C=O) groups excluding carboxylic acids is 1. The lowest BCUT2D eigenvalue weighted by molar-refractivity contribution is -0.119. The molecule has 3 heterocycles. The molecule has 1 fully saturated rings. The average molecular weight is 465 g/mol. The Morgan fingerprint density at radius 1 is 1.15 bits per heavy atom. The zero-order valence-electron chi connectivity index (χ0n) is 19.7. The highest BCUT2D eigenvalue weighted by atomic mass is 32.1. The molecule has 1 atom stereocenters. The number of carbonyl (C=O) groups is 1. The first-order valence-corrected chi connectivity index (χ1v) is 12.9. The lowest BCUT2D eigenvalue weighted by Gasteiger charge is -2.22. The van der Waals surface area contributed by atoms with E-state index < -0.39 is 6.04 Å². The summed E-state index contributed by atoms with van der Waals surface area (Å²) in [6, 6.07) is 5.24. The number of aromatic nitrogens is 2. The van der Waals surface area contributed by atoms with Crippen molar-refractivity contribution in [2.75, 3.05) is 18.4 Å². The van der Waals surface area contributed by atoms with Crippen molar-refractivity contribution in [2.45, 2.75) is 71.9 Å². The van der Waals surface area contributed by atoms with Crippen LogP contribution in [0.1, 0.15) is 66.0 Å². The molecule has 1 amide bonds. The molecule has 6 nitrogen and oxygen atoms in total. The molecule has 1 aliphatic heterocycles. The number of hydrogen-bond acceptors (Lipinski definition) is 5. The smallest absolute Gasteiger partial charge is 0.263 e. The first-order chi connectivity index (χ1) is 15.9. The van der Waals surface area contributed by atoms with Gasteiger partial charge in [-0.3, -0.25) is 19.1 Å². The monoisotopic (exact) mass is 464 g/mol. The number of rotatable bonds is 5. The van der Waals surface area contributed by atoms with E-state index >= 15 is 0 Å². The fraction of sp³-hybridized carbons (Fsp3) is 0.500. The Morgan fingerprint density at radius 3 is 2.70 bits per heavy atom. The standard InChI is InChI=1S/C26H32N4O2S/c1-16-9-8-11-20(17(16)2)27-24(31)18(3)30-22(15-29-13-6-7-14-29)28-25-23(26(30)32)19-10-4-5-12-21(19)33-25/h8-9,11,18H,4-7,10,12-15H2,1-3H3,(H,27,31). The molecule has 0 bridgehead atoms. The van der Waals surface area contributed by atoms with E-state index in [1.54, 1.807) is 15.9 Å². The normalized spacial score (nSPS) is 17.3. The number of amides is 1. The predicted octanol–water partition coefficient (Wildman–Crippen LogP) is 4.75. The number of likely N-dealkylation sites (tertiary alicyclic amines) is 1. The van der Waals surface area contributed by atoms with Crippen molar-refractivity contribution in [1.29, 1.82) is 0 Å². The highest BCUT2D eigenvalue weighted by molar-refractivity contribution is 7.18. The minimum Gasteiger partial charge on any atom is -0.324 e. The van der Waals surface area contributed by atoms with Gasteiger partial charge in [0.2, 0.25) is 5.91 Å². The lowest BCUT2D eigenvalue weighted by Crippen LogP contribution is -2.36. The third kappa shape index (κ3) is 4.13. The highest BCUT2D eigenvalue weighted by Gasteiger charge is 2.27. The van der Waals surface area contributed by atoms with E-state index in [1.807, 2.05) is 39.0 Å². The van der Waals surface area contributed by atoms with Crippen LogP contribution in [0.5, 0.6) is 0 Å². The van der Waals surface area contributed by atoms with Crippen LogP contribution in [0.15, 0.2) is 23.0 Å². The number of hydrogen-bond donors (Lipinski definition) is 1. The van der Waals surface area contributed by atoms with Crippen molar-refractivity contribution in [2.24, 2.45) is 0 Å². The minimum atomic E-state index is -0.647. The molecule has 1 unspecified atom stereocenters. The van der Waals surface area contributed by atoms with Gasteiger partial charge < -0.3 is 5.32 Å². The quantitative estimate of drug-likeness (QED) is 0.592. The number of fused-ring (bicyclic) bond motifs is 3. The van der Waals surface area contributed by atoms with Gasteiger partial charge in [-0.2, -0.15) is 0 Å². The van der Waals surface area contributed by atoms with Crippen LogP contribution >= 0.6 is 11.3 Å². The van der Waals surface area contributed by atoms with Crippen molar-refractivity contribution < 1.29 is 4.79 Å². The van der Waals surface area contributed by atoms with Crippen LogP contribution in [0, 0.1) is 13.8 Å². The number of benzene rings is 1. The predicted molar refractivity (Wildman–Crippen MR) is 134 cm³/mol. The highest BCUT2D eigenvalue weighted by Crippen LogP contribution is 2.34. The van der Waals surface area contributed by atoms with Crippen molar-refractivity contribution in [3.8, 4) is 0 Å². The molecular formula is C26H32N4O2S. The van der Waals surface area contributed by atoms with E-state index in [-0.39, 0.29) is 11.5 Å². The van der Waals surface area contributed by atoms with Crippen molar-refractivity contribution in [1.82, 2.24) is 14.5 Å². The Hall–Kier alpha value is -2.51. The fourth-order valence-corrected chi connectivity index (χ4v) is 6.42. The van der Waals surface area contributed by atoms with Gasteiger partial charge in [-0.05, 0) is 95.1 Å². The maximum Gasteiger partial charge on any atom is 0.263 e. The van der Waals surface area contributed by atoms with Gasteiger partial charge in [0.25, 0.3) is 5.56 Å². The second kappa shape index (κ2) is 9.03. The number of thiophene rings is 1. The van der Waals surface area contributed by atoms with Crippen LogP contribution in [0.25, 0.3) is 10.2 Å². The van der Waals surface area contributed by atoms with E-state index in [0.717, 1.165) is 59.4 Å². The van der Waals surface area contributed by atoms with Crippen LogP contribution in [-0.2, 0) is 24.2 Å². The average Bonchev–Trinajstić information content (AvgIpc) is 3.44. The Balaban J connectivity index is 1.58. The summed E-state index contributed by atoms with van der Waals surface area (Å²) in [5, 5.41) is 3.81. The minimum absolute atomic E-state index is 0.0581. The molecule has 2 aromatic heterocycles. The Bertz CT molecular complexity index is 1270. The summed E-state index contributed by atoms with van der Waals surface area (Å²) in [5.41, 5.74) is 4.08. The molecule has 3 aromatic rings. The molecule has 1 saturated heterocycles. The van der Waals surface area contributed by atoms with Gasteiger partial charge in [-0.15, -0.1) is 11.3 Å². The summed E-state index contributed by atoms with van der Waals surface area (Å²) in [6.45, 7) is 8.49. The third-order valence-corrected chi connectivity index (χ3v) is 8.47. The maximum absolute atomic E-state index is 13.9. The van der Waals surface area contributed by atoms with Gasteiger partial charge in [-0.25, -0.2) is 4.98 Å². The van der Waals surface area contributed by atoms with Gasteiger partial charge in [0.1, 0.15) is 16.7 Å². The van der Waals surface area contributed by atoms with Gasteiger partial charge in [-0.1, -0.05) is 12.1 Å². The van der Waals surface area contributed by atoms with Crippen LogP contribution in [-0.4, -0.2) is 33.4 Å². The first-order valence-electron chi connectivity index (χ1n) is 12.1. The maximum atomic E-state index is 13.9. The number of anilines is 1. The van der Waals surface area contributed by atoms with Crippen molar-refractivity contribution in [3.05, 3.63) is 55.9 Å². The number of nitrogens with one attached hydrogen (secondary N) is 1. The van der Waals surface area contributed by atoms with Crippen molar-refractivity contribution >= 4 is 33.1 Å². The van der Waals surface area contributed by atoms with E-state index in [4.69, 9.17) is 4.98 Å². The molecule has 2 aliphatic rings. The summed E-state index contributed by atoms with van der Waals surface area (Å²) < 4.78 is 1.67. The van der Waals surface area contributed by atoms with Crippen LogP contribution in [0.2, 0.25) is 0 Å². The van der Waals surface area contributed by atoms with Gasteiger partial charge in [0.05, 0.1) is 11.9 Å². The van der Waals surface area contributed by atoms with Crippen LogP contribution in [0.4, 0.5) is 5.69 Å². The topological polar surface area (TPSA) is 67.2 Å². The molecular weight excluding hydrogens is 432 g/mol. The first kappa shape index (κ1) is 22.3. The Kier molecular flexibility index (Phi) is 6.10. The summed E-state index contributed by atoms with van der Waals surface area (Å²) in [7, 11) is 0. The molecule has 33 heavy (non-hydrogen) atoms. The second-order valence-electron chi connectivity index (χ2n) is 9.49. The molecule has 1 N–H and O–H groups in total. The summed E-state index contributed by atoms with van der Waals surface area (Å²) in [5.74, 6) is 0.523. The molecule has 0 spiro atoms.